The summed E-state index contributed by atoms with van der Waals surface area (Å²) in [7, 11) is 0. The first-order chi connectivity index (χ1) is 30.3. The predicted molar refractivity (Wildman–Crippen MR) is 239 cm³/mol. The molecule has 0 bridgehead atoms. The van der Waals surface area contributed by atoms with Crippen LogP contribution in [0.25, 0.3) is 0 Å². The van der Waals surface area contributed by atoms with E-state index in [0.29, 0.717) is 34.3 Å². The molecule has 4 aromatic rings. The van der Waals surface area contributed by atoms with E-state index >= 15 is 0 Å². The number of hydrogen-bond donors (Lipinski definition) is 0. The maximum Gasteiger partial charge on any atom is 0.347 e. The van der Waals surface area contributed by atoms with Gasteiger partial charge in [-0.05, 0) is 169 Å². The normalized spacial score (nSPS) is 29.8. The van der Waals surface area contributed by atoms with Crippen LogP contribution in [0.2, 0.25) is 0 Å². The predicted octanol–water partition coefficient (Wildman–Crippen LogP) is 13.2. The molecule has 8 unspecified atom stereocenters. The lowest BCUT2D eigenvalue weighted by Crippen LogP contribution is -2.52. The average molecular weight is 847 g/mol. The molecule has 8 nitrogen and oxygen atoms in total. The van der Waals surface area contributed by atoms with Crippen LogP contribution in [0.3, 0.4) is 0 Å². The SMILES string of the molecule is CC(C)CCCC(C)C1CCC2C3CC=C4CC(c5ccc(Oc6ccc7c(c6)C(=O)OC7=O)cc5)(c5cccc(Oc6ccc7c(c6)C(=O)OC7=O)c5)CCC4(C)C3CCC12C. The first kappa shape index (κ1) is 41.5. The van der Waals surface area contributed by atoms with Crippen LogP contribution in [0.1, 0.15) is 158 Å². The van der Waals surface area contributed by atoms with E-state index in [9.17, 15) is 19.2 Å². The molecule has 3 fully saturated rings. The second kappa shape index (κ2) is 15.6. The van der Waals surface area contributed by atoms with Crippen molar-refractivity contribution in [3.8, 4) is 23.0 Å². The Labute approximate surface area is 370 Å². The van der Waals surface area contributed by atoms with Crippen molar-refractivity contribution in [3.63, 3.8) is 0 Å². The lowest BCUT2D eigenvalue weighted by Gasteiger charge is -2.60. The van der Waals surface area contributed by atoms with E-state index < -0.39 is 23.9 Å². The fraction of sp³-hybridized carbons (Fsp3) is 0.455. The Morgan fingerprint density at radius 2 is 1.24 bits per heavy atom. The minimum absolute atomic E-state index is 0.123. The molecule has 0 saturated heterocycles. The monoisotopic (exact) mass is 846 g/mol. The van der Waals surface area contributed by atoms with Gasteiger partial charge in [-0.2, -0.15) is 0 Å². The number of benzene rings is 4. The van der Waals surface area contributed by atoms with Crippen molar-refractivity contribution in [2.24, 2.45) is 46.3 Å². The highest BCUT2D eigenvalue weighted by Crippen LogP contribution is 2.69. The molecular weight excluding hydrogens is 789 g/mol. The molecule has 3 saturated carbocycles. The maximum absolute atomic E-state index is 12.4. The smallest absolute Gasteiger partial charge is 0.347 e. The van der Waals surface area contributed by atoms with E-state index in [1.165, 1.54) is 50.5 Å². The molecule has 326 valence electrons. The molecule has 63 heavy (non-hydrogen) atoms. The van der Waals surface area contributed by atoms with Gasteiger partial charge in [0.2, 0.25) is 0 Å². The van der Waals surface area contributed by atoms with E-state index in [4.69, 9.17) is 18.9 Å². The second-order valence-corrected chi connectivity index (χ2v) is 20.6. The maximum atomic E-state index is 12.4. The molecular formula is C55H58O8. The second-order valence-electron chi connectivity index (χ2n) is 20.6. The summed E-state index contributed by atoms with van der Waals surface area (Å²) < 4.78 is 22.3. The van der Waals surface area contributed by atoms with Crippen molar-refractivity contribution >= 4 is 23.9 Å². The molecule has 2 heterocycles. The van der Waals surface area contributed by atoms with Crippen LogP contribution in [-0.2, 0) is 14.9 Å². The minimum atomic E-state index is -0.665. The fourth-order valence-electron chi connectivity index (χ4n) is 13.6. The van der Waals surface area contributed by atoms with Crippen molar-refractivity contribution < 1.29 is 38.1 Å². The van der Waals surface area contributed by atoms with Crippen LogP contribution in [0.5, 0.6) is 23.0 Å². The summed E-state index contributed by atoms with van der Waals surface area (Å²) in [5.74, 6) is 4.13. The standard InChI is InChI=1S/C55H58O8/c1-32(2)8-6-9-33(3)46-22-23-47-43-19-14-36-31-55(27-26-53(36,4)48(43)24-25-54(46,47)5,34-12-15-37(16-13-34)60-39-17-20-41-44(29-39)51(58)62-49(41)56)35-10-7-11-38(28-35)61-40-18-21-42-45(30-40)52(59)63-50(42)57/h7,10-18,20-21,28-30,32-33,43,46-48H,6,8-9,19,22-27,31H2,1-5H3. The third-order valence-corrected chi connectivity index (χ3v) is 16.9. The van der Waals surface area contributed by atoms with Crippen LogP contribution < -0.4 is 9.47 Å². The Balaban J connectivity index is 0.957. The molecule has 0 N–H and O–H groups in total. The zero-order chi connectivity index (χ0) is 43.8. The summed E-state index contributed by atoms with van der Waals surface area (Å²) in [5, 5.41) is 0. The van der Waals surface area contributed by atoms with Crippen LogP contribution >= 0.6 is 0 Å². The number of carbonyl (C=O) groups is 4. The van der Waals surface area contributed by atoms with Crippen LogP contribution in [-0.4, -0.2) is 23.9 Å². The first-order valence-corrected chi connectivity index (χ1v) is 23.3. The van der Waals surface area contributed by atoms with Crippen LogP contribution in [0.4, 0.5) is 0 Å². The zero-order valence-corrected chi connectivity index (χ0v) is 37.2. The molecule has 4 aliphatic carbocycles. The summed E-state index contributed by atoms with van der Waals surface area (Å²) in [4.78, 5) is 48.8. The Kier molecular flexibility index (Phi) is 10.3. The van der Waals surface area contributed by atoms with Crippen molar-refractivity contribution in [1.82, 2.24) is 0 Å². The van der Waals surface area contributed by atoms with Gasteiger partial charge in [-0.3, -0.25) is 0 Å². The lowest BCUT2D eigenvalue weighted by atomic mass is 9.44. The first-order valence-electron chi connectivity index (χ1n) is 23.3. The molecule has 2 aliphatic heterocycles. The number of ether oxygens (including phenoxy) is 4. The molecule has 4 aromatic carbocycles. The lowest BCUT2D eigenvalue weighted by molar-refractivity contribution is -0.0530. The summed E-state index contributed by atoms with van der Waals surface area (Å²) >= 11 is 0. The van der Waals surface area contributed by atoms with Gasteiger partial charge in [-0.25, -0.2) is 19.2 Å². The molecule has 8 atom stereocenters. The van der Waals surface area contributed by atoms with Gasteiger partial charge in [0.05, 0.1) is 22.3 Å². The molecule has 0 radical (unpaired) electrons. The van der Waals surface area contributed by atoms with Crippen LogP contribution in [0.15, 0.2) is 96.6 Å². The Bertz CT molecular complexity index is 2550. The summed E-state index contributed by atoms with van der Waals surface area (Å²) in [6.45, 7) is 12.5. The van der Waals surface area contributed by atoms with Gasteiger partial charge in [0.25, 0.3) is 0 Å². The van der Waals surface area contributed by atoms with E-state index in [1.807, 2.05) is 24.3 Å². The number of fused-ring (bicyclic) bond motifs is 7. The largest absolute Gasteiger partial charge is 0.457 e. The fourth-order valence-corrected chi connectivity index (χ4v) is 13.6. The van der Waals surface area contributed by atoms with Gasteiger partial charge >= 0.3 is 23.9 Å². The third kappa shape index (κ3) is 7.03. The highest BCUT2D eigenvalue weighted by molar-refractivity contribution is 6.15. The van der Waals surface area contributed by atoms with E-state index in [0.717, 1.165) is 60.8 Å². The number of esters is 4. The topological polar surface area (TPSA) is 105 Å². The number of allylic oxidation sites excluding steroid dienone is 2. The van der Waals surface area contributed by atoms with Gasteiger partial charge in [0.15, 0.2) is 0 Å². The number of hydrogen-bond acceptors (Lipinski definition) is 8. The highest BCUT2D eigenvalue weighted by atomic mass is 16.6. The Morgan fingerprint density at radius 3 is 1.90 bits per heavy atom. The van der Waals surface area contributed by atoms with E-state index in [-0.39, 0.29) is 33.1 Å². The van der Waals surface area contributed by atoms with Gasteiger partial charge < -0.3 is 18.9 Å². The third-order valence-electron chi connectivity index (χ3n) is 16.9. The Morgan fingerprint density at radius 1 is 0.619 bits per heavy atom. The summed E-state index contributed by atoms with van der Waals surface area (Å²) in [6, 6.07) is 26.3. The minimum Gasteiger partial charge on any atom is -0.457 e. The number of cyclic esters (lactones) is 4. The average Bonchev–Trinajstić information content (AvgIpc) is 3.88. The zero-order valence-electron chi connectivity index (χ0n) is 37.2. The molecule has 10 rings (SSSR count). The van der Waals surface area contributed by atoms with Gasteiger partial charge in [-0.1, -0.05) is 89.8 Å². The molecule has 0 aromatic heterocycles. The molecule has 0 amide bonds. The summed E-state index contributed by atoms with van der Waals surface area (Å²) in [6.07, 6.45) is 16.2. The molecule has 8 heteroatoms. The van der Waals surface area contributed by atoms with Gasteiger partial charge in [0.1, 0.15) is 23.0 Å². The van der Waals surface area contributed by atoms with Crippen LogP contribution in [0, 0.1) is 46.3 Å². The van der Waals surface area contributed by atoms with Gasteiger partial charge in [0, 0.05) is 5.41 Å². The Hall–Kier alpha value is -5.50. The highest BCUT2D eigenvalue weighted by Gasteiger charge is 2.60. The van der Waals surface area contributed by atoms with Crippen molar-refractivity contribution in [2.45, 2.75) is 111 Å². The number of carbonyl (C=O) groups excluding carboxylic acids is 4. The number of rotatable bonds is 11. The quantitative estimate of drug-likeness (QED) is 0.0835. The molecule has 6 aliphatic rings. The van der Waals surface area contributed by atoms with Crippen molar-refractivity contribution in [1.29, 1.82) is 0 Å². The van der Waals surface area contributed by atoms with Crippen molar-refractivity contribution in [3.05, 3.63) is 130 Å². The summed E-state index contributed by atoms with van der Waals surface area (Å²) in [5.41, 5.74) is 5.00. The molecule has 0 spiro atoms. The van der Waals surface area contributed by atoms with E-state index in [2.05, 4.69) is 65.0 Å². The van der Waals surface area contributed by atoms with Crippen molar-refractivity contribution in [2.75, 3.05) is 0 Å². The van der Waals surface area contributed by atoms with Gasteiger partial charge in [-0.15, -0.1) is 0 Å². The van der Waals surface area contributed by atoms with E-state index in [1.54, 1.807) is 42.0 Å².